The van der Waals surface area contributed by atoms with Gasteiger partial charge in [0.1, 0.15) is 0 Å². The molecule has 0 bridgehead atoms. The minimum Gasteiger partial charge on any atom is -0.480 e. The van der Waals surface area contributed by atoms with Crippen LogP contribution in [0.25, 0.3) is 0 Å². The quantitative estimate of drug-likeness (QED) is 0.755. The zero-order valence-electron chi connectivity index (χ0n) is 16.9. The van der Waals surface area contributed by atoms with E-state index in [1.165, 1.54) is 11.1 Å². The van der Waals surface area contributed by atoms with Gasteiger partial charge in [0.2, 0.25) is 5.91 Å². The van der Waals surface area contributed by atoms with Gasteiger partial charge in [0.25, 0.3) is 0 Å². The van der Waals surface area contributed by atoms with Crippen LogP contribution < -0.4 is 0 Å². The van der Waals surface area contributed by atoms with Crippen molar-refractivity contribution in [2.24, 2.45) is 0 Å². The van der Waals surface area contributed by atoms with Gasteiger partial charge in [0, 0.05) is 26.1 Å². The van der Waals surface area contributed by atoms with Gasteiger partial charge in [0.05, 0.1) is 19.3 Å². The Morgan fingerprint density at radius 2 is 1.85 bits per heavy atom. The number of nitrogens with zero attached hydrogens (tertiary/aromatic N) is 2. The highest BCUT2D eigenvalue weighted by Crippen LogP contribution is 2.23. The predicted molar refractivity (Wildman–Crippen MR) is 105 cm³/mol. The topological polar surface area (TPSA) is 70.1 Å². The van der Waals surface area contributed by atoms with Crippen molar-refractivity contribution in [3.8, 4) is 0 Å². The van der Waals surface area contributed by atoms with Gasteiger partial charge in [-0.15, -0.1) is 0 Å². The maximum Gasteiger partial charge on any atom is 0.317 e. The number of morpholine rings is 1. The monoisotopic (exact) mass is 376 g/mol. The first kappa shape index (κ1) is 21.4. The lowest BCUT2D eigenvalue weighted by Crippen LogP contribution is -2.49. The van der Waals surface area contributed by atoms with E-state index in [2.05, 4.69) is 45.0 Å². The summed E-state index contributed by atoms with van der Waals surface area (Å²) >= 11 is 0. The minimum atomic E-state index is -0.862. The van der Waals surface area contributed by atoms with E-state index in [0.29, 0.717) is 38.6 Å². The van der Waals surface area contributed by atoms with Gasteiger partial charge in [-0.2, -0.15) is 0 Å². The van der Waals surface area contributed by atoms with Crippen molar-refractivity contribution >= 4 is 11.9 Å². The van der Waals surface area contributed by atoms with Crippen LogP contribution in [-0.4, -0.2) is 72.7 Å². The van der Waals surface area contributed by atoms with E-state index in [9.17, 15) is 9.59 Å². The first-order chi connectivity index (χ1) is 12.8. The number of likely N-dealkylation sites (N-methyl/N-ethyl adjacent to an activating group) is 1. The molecule has 0 aliphatic carbocycles. The summed E-state index contributed by atoms with van der Waals surface area (Å²) in [7, 11) is 1.75. The van der Waals surface area contributed by atoms with Crippen LogP contribution in [0, 0.1) is 0 Å². The Balaban J connectivity index is 1.87. The van der Waals surface area contributed by atoms with E-state index in [1.54, 1.807) is 11.9 Å². The Kier molecular flexibility index (Phi) is 7.80. The van der Waals surface area contributed by atoms with E-state index >= 15 is 0 Å². The Morgan fingerprint density at radius 3 is 2.44 bits per heavy atom. The number of carboxylic acids is 1. The average Bonchev–Trinajstić information content (AvgIpc) is 2.61. The van der Waals surface area contributed by atoms with Crippen LogP contribution in [0.15, 0.2) is 24.3 Å². The van der Waals surface area contributed by atoms with E-state index in [4.69, 9.17) is 9.84 Å². The molecule has 0 spiro atoms. The Bertz CT molecular complexity index is 630. The molecule has 0 radical (unpaired) electrons. The lowest BCUT2D eigenvalue weighted by molar-refractivity contribution is -0.142. The smallest absolute Gasteiger partial charge is 0.317 e. The molecule has 1 heterocycles. The summed E-state index contributed by atoms with van der Waals surface area (Å²) in [5, 5.41) is 8.86. The van der Waals surface area contributed by atoms with Crippen molar-refractivity contribution in [3.05, 3.63) is 35.4 Å². The molecular weight excluding hydrogens is 344 g/mol. The van der Waals surface area contributed by atoms with Crippen molar-refractivity contribution in [3.63, 3.8) is 0 Å². The zero-order chi connectivity index (χ0) is 20.0. The molecule has 1 N–H and O–H groups in total. The standard InChI is InChI=1S/C21H32N2O4/c1-15(2)17-5-7-18(8-6-17)16(3)11-20(24)23-9-10-27-19(13-23)12-22(4)14-21(25)26/h5-8,15-16,19H,9-14H2,1-4H3,(H,25,26). The van der Waals surface area contributed by atoms with Crippen molar-refractivity contribution in [1.82, 2.24) is 9.80 Å². The molecule has 1 aromatic carbocycles. The number of aliphatic carboxylic acids is 1. The number of carboxylic acid groups (broad SMARTS) is 1. The normalized spacial score (nSPS) is 18.7. The molecule has 0 saturated carbocycles. The largest absolute Gasteiger partial charge is 0.480 e. The fraction of sp³-hybridized carbons (Fsp3) is 0.619. The molecule has 1 aliphatic heterocycles. The molecule has 1 fully saturated rings. The summed E-state index contributed by atoms with van der Waals surface area (Å²) in [5.74, 6) is -0.0709. The molecule has 1 aliphatic rings. The first-order valence-electron chi connectivity index (χ1n) is 9.65. The highest BCUT2D eigenvalue weighted by Gasteiger charge is 2.26. The number of rotatable bonds is 8. The number of hydrogen-bond acceptors (Lipinski definition) is 4. The van der Waals surface area contributed by atoms with E-state index in [0.717, 1.165) is 0 Å². The number of ether oxygens (including phenoxy) is 1. The second-order valence-electron chi connectivity index (χ2n) is 7.85. The van der Waals surface area contributed by atoms with Crippen LogP contribution in [0.2, 0.25) is 0 Å². The molecule has 6 heteroatoms. The summed E-state index contributed by atoms with van der Waals surface area (Å²) in [5.41, 5.74) is 2.48. The molecule has 1 amide bonds. The SMILES string of the molecule is CC(C)c1ccc(C(C)CC(=O)N2CCOC(CN(C)CC(=O)O)C2)cc1. The maximum absolute atomic E-state index is 12.7. The van der Waals surface area contributed by atoms with Crippen LogP contribution in [-0.2, 0) is 14.3 Å². The molecule has 150 valence electrons. The Morgan fingerprint density at radius 1 is 1.22 bits per heavy atom. The van der Waals surface area contributed by atoms with Gasteiger partial charge in [-0.05, 0) is 30.0 Å². The summed E-state index contributed by atoms with van der Waals surface area (Å²) in [6.07, 6.45) is 0.325. The van der Waals surface area contributed by atoms with Crippen molar-refractivity contribution < 1.29 is 19.4 Å². The van der Waals surface area contributed by atoms with Crippen LogP contribution >= 0.6 is 0 Å². The third-order valence-corrected chi connectivity index (χ3v) is 5.06. The summed E-state index contributed by atoms with van der Waals surface area (Å²) in [6, 6.07) is 8.53. The van der Waals surface area contributed by atoms with Gasteiger partial charge in [-0.1, -0.05) is 45.0 Å². The van der Waals surface area contributed by atoms with Gasteiger partial charge < -0.3 is 14.7 Å². The molecule has 1 saturated heterocycles. The minimum absolute atomic E-state index is 0.0305. The van der Waals surface area contributed by atoms with Crippen molar-refractivity contribution in [2.75, 3.05) is 39.8 Å². The summed E-state index contributed by atoms with van der Waals surface area (Å²) < 4.78 is 5.71. The van der Waals surface area contributed by atoms with Crippen LogP contribution in [0.5, 0.6) is 0 Å². The fourth-order valence-corrected chi connectivity index (χ4v) is 3.42. The van der Waals surface area contributed by atoms with E-state index in [1.807, 2.05) is 4.90 Å². The highest BCUT2D eigenvalue weighted by molar-refractivity contribution is 5.77. The number of carbonyl (C=O) groups is 2. The Labute approximate surface area is 162 Å². The van der Waals surface area contributed by atoms with Gasteiger partial charge in [-0.25, -0.2) is 0 Å². The van der Waals surface area contributed by atoms with Gasteiger partial charge in [0.15, 0.2) is 0 Å². The van der Waals surface area contributed by atoms with Gasteiger partial charge in [-0.3, -0.25) is 14.5 Å². The lowest BCUT2D eigenvalue weighted by Gasteiger charge is -2.35. The number of carbonyl (C=O) groups excluding carboxylic acids is 1. The van der Waals surface area contributed by atoms with E-state index in [-0.39, 0.29) is 24.5 Å². The van der Waals surface area contributed by atoms with Gasteiger partial charge >= 0.3 is 5.97 Å². The molecule has 2 unspecified atom stereocenters. The molecular formula is C21H32N2O4. The summed E-state index contributed by atoms with van der Waals surface area (Å²) in [4.78, 5) is 27.1. The van der Waals surface area contributed by atoms with E-state index < -0.39 is 5.97 Å². The van der Waals surface area contributed by atoms with Crippen molar-refractivity contribution in [2.45, 2.75) is 45.1 Å². The molecule has 2 atom stereocenters. The molecule has 1 aromatic rings. The fourth-order valence-electron chi connectivity index (χ4n) is 3.42. The Hall–Kier alpha value is -1.92. The lowest BCUT2D eigenvalue weighted by atomic mass is 9.94. The third-order valence-electron chi connectivity index (χ3n) is 5.06. The number of amides is 1. The third kappa shape index (κ3) is 6.63. The number of hydrogen-bond donors (Lipinski definition) is 1. The predicted octanol–water partition coefficient (Wildman–Crippen LogP) is 2.55. The molecule has 27 heavy (non-hydrogen) atoms. The first-order valence-corrected chi connectivity index (χ1v) is 9.65. The average molecular weight is 376 g/mol. The highest BCUT2D eigenvalue weighted by atomic mass is 16.5. The molecule has 6 nitrogen and oxygen atoms in total. The second kappa shape index (κ2) is 9.85. The summed E-state index contributed by atoms with van der Waals surface area (Å²) in [6.45, 7) is 8.50. The van der Waals surface area contributed by atoms with Crippen molar-refractivity contribution in [1.29, 1.82) is 0 Å². The van der Waals surface area contributed by atoms with Crippen LogP contribution in [0.4, 0.5) is 0 Å². The zero-order valence-corrected chi connectivity index (χ0v) is 16.9. The van der Waals surface area contributed by atoms with Crippen LogP contribution in [0.3, 0.4) is 0 Å². The maximum atomic E-state index is 12.7. The second-order valence-corrected chi connectivity index (χ2v) is 7.85. The molecule has 2 rings (SSSR count). The number of benzene rings is 1. The molecule has 0 aromatic heterocycles. The van der Waals surface area contributed by atoms with Crippen LogP contribution in [0.1, 0.15) is 50.2 Å².